The van der Waals surface area contributed by atoms with E-state index >= 15 is 0 Å². The molecule has 2 fully saturated rings. The summed E-state index contributed by atoms with van der Waals surface area (Å²) in [4.78, 5) is 34.5. The monoisotopic (exact) mass is 410 g/mol. The summed E-state index contributed by atoms with van der Waals surface area (Å²) in [6.07, 6.45) is 5.59. The van der Waals surface area contributed by atoms with Gasteiger partial charge in [0.15, 0.2) is 0 Å². The van der Waals surface area contributed by atoms with Crippen LogP contribution in [0.3, 0.4) is 0 Å². The Bertz CT molecular complexity index is 698. The van der Waals surface area contributed by atoms with Crippen LogP contribution < -0.4 is 16.4 Å². The number of nitro benzene ring substituents is 1. The number of benzene rings is 1. The van der Waals surface area contributed by atoms with E-state index in [0.717, 1.165) is 25.7 Å². The van der Waals surface area contributed by atoms with Crippen molar-refractivity contribution in [3.05, 3.63) is 39.9 Å². The van der Waals surface area contributed by atoms with E-state index in [1.54, 1.807) is 0 Å². The van der Waals surface area contributed by atoms with E-state index in [4.69, 9.17) is 5.73 Å². The van der Waals surface area contributed by atoms with Gasteiger partial charge in [-0.1, -0.05) is 6.42 Å². The lowest BCUT2D eigenvalue weighted by molar-refractivity contribution is -0.384. The molecule has 2 aliphatic carbocycles. The van der Waals surface area contributed by atoms with Gasteiger partial charge in [-0.2, -0.15) is 0 Å². The lowest BCUT2D eigenvalue weighted by Gasteiger charge is -2.45. The minimum Gasteiger partial charge on any atom is -0.353 e. The van der Waals surface area contributed by atoms with Gasteiger partial charge >= 0.3 is 0 Å². The van der Waals surface area contributed by atoms with Crippen LogP contribution in [-0.2, 0) is 4.79 Å². The number of amides is 2. The van der Waals surface area contributed by atoms with Gasteiger partial charge < -0.3 is 16.4 Å². The Morgan fingerprint density at radius 3 is 2.32 bits per heavy atom. The first-order valence-corrected chi connectivity index (χ1v) is 9.51. The summed E-state index contributed by atoms with van der Waals surface area (Å²) in [5.74, 6) is 0.520. The Morgan fingerprint density at radius 1 is 1.14 bits per heavy atom. The average Bonchev–Trinajstić information content (AvgIpc) is 2.62. The summed E-state index contributed by atoms with van der Waals surface area (Å²) in [5, 5.41) is 16.5. The van der Waals surface area contributed by atoms with Crippen molar-refractivity contribution < 1.29 is 14.5 Å². The zero-order valence-corrected chi connectivity index (χ0v) is 16.5. The Labute approximate surface area is 170 Å². The Hall–Kier alpha value is -2.19. The molecular weight excluding hydrogens is 384 g/mol. The summed E-state index contributed by atoms with van der Waals surface area (Å²) < 4.78 is 0. The van der Waals surface area contributed by atoms with Crippen molar-refractivity contribution in [2.24, 2.45) is 17.6 Å². The maximum atomic E-state index is 12.3. The number of nitrogens with zero attached hydrogens (tertiary/aromatic N) is 1. The highest BCUT2D eigenvalue weighted by Gasteiger charge is 2.39. The van der Waals surface area contributed by atoms with E-state index in [9.17, 15) is 19.7 Å². The van der Waals surface area contributed by atoms with Crippen LogP contribution in [0, 0.1) is 22.0 Å². The second kappa shape index (κ2) is 9.84. The number of hydrogen-bond donors (Lipinski definition) is 3. The van der Waals surface area contributed by atoms with E-state index < -0.39 is 4.92 Å². The molecule has 2 saturated carbocycles. The summed E-state index contributed by atoms with van der Waals surface area (Å²) in [6, 6.07) is 5.83. The van der Waals surface area contributed by atoms with Crippen LogP contribution in [0.1, 0.15) is 48.9 Å². The molecule has 3 rings (SSSR count). The van der Waals surface area contributed by atoms with Crippen LogP contribution in [0.5, 0.6) is 0 Å². The number of halogens is 1. The SMILES string of the molecule is Cl.NC1CC2CCCC(C1)C2NC(=O)CCNC(=O)c1ccc([N+](=O)[O-])cc1. The number of rotatable bonds is 6. The molecule has 2 unspecified atom stereocenters. The number of non-ortho nitro benzene ring substituents is 1. The lowest BCUT2D eigenvalue weighted by Crippen LogP contribution is -2.54. The van der Waals surface area contributed by atoms with Gasteiger partial charge in [0, 0.05) is 42.7 Å². The first kappa shape index (κ1) is 22.1. The molecule has 0 spiro atoms. The second-order valence-corrected chi connectivity index (χ2v) is 7.59. The first-order chi connectivity index (χ1) is 12.9. The Kier molecular flexibility index (Phi) is 7.77. The van der Waals surface area contributed by atoms with Crippen molar-refractivity contribution in [1.82, 2.24) is 10.6 Å². The highest BCUT2D eigenvalue weighted by atomic mass is 35.5. The molecule has 8 nitrogen and oxygen atoms in total. The van der Waals surface area contributed by atoms with E-state index in [1.165, 1.54) is 30.7 Å². The van der Waals surface area contributed by atoms with Gasteiger partial charge in [0.25, 0.3) is 11.6 Å². The zero-order valence-electron chi connectivity index (χ0n) is 15.6. The highest BCUT2D eigenvalue weighted by Crippen LogP contribution is 2.39. The van der Waals surface area contributed by atoms with Crippen LogP contribution in [-0.4, -0.2) is 35.4 Å². The van der Waals surface area contributed by atoms with E-state index in [-0.39, 0.29) is 55.0 Å². The molecule has 154 valence electrons. The van der Waals surface area contributed by atoms with Crippen molar-refractivity contribution in [2.45, 2.75) is 50.6 Å². The number of hydrogen-bond acceptors (Lipinski definition) is 5. The molecule has 0 heterocycles. The summed E-state index contributed by atoms with van der Waals surface area (Å²) >= 11 is 0. The fourth-order valence-electron chi connectivity index (χ4n) is 4.41. The van der Waals surface area contributed by atoms with Crippen molar-refractivity contribution in [1.29, 1.82) is 0 Å². The third-order valence-electron chi connectivity index (χ3n) is 5.68. The van der Waals surface area contributed by atoms with Crippen LogP contribution in [0.4, 0.5) is 5.69 Å². The lowest BCUT2D eigenvalue weighted by atomic mass is 9.67. The van der Waals surface area contributed by atoms with Crippen LogP contribution in [0.2, 0.25) is 0 Å². The van der Waals surface area contributed by atoms with Gasteiger partial charge in [0.2, 0.25) is 5.91 Å². The van der Waals surface area contributed by atoms with Crippen molar-refractivity contribution in [3.63, 3.8) is 0 Å². The van der Waals surface area contributed by atoms with E-state index in [1.807, 2.05) is 0 Å². The molecule has 2 atom stereocenters. The number of nitro groups is 1. The standard InChI is InChI=1S/C19H26N4O4.ClH/c20-15-10-13-2-1-3-14(11-15)18(13)22-17(24)8-9-21-19(25)12-4-6-16(7-5-12)23(26)27;/h4-7,13-15,18H,1-3,8-11,20H2,(H,21,25)(H,22,24);1H. The average molecular weight is 411 g/mol. The van der Waals surface area contributed by atoms with Crippen molar-refractivity contribution in [2.75, 3.05) is 6.54 Å². The maximum Gasteiger partial charge on any atom is 0.269 e. The molecule has 2 amide bonds. The minimum absolute atomic E-state index is 0. The topological polar surface area (TPSA) is 127 Å². The Balaban J connectivity index is 0.00000280. The number of carbonyl (C=O) groups is 2. The fraction of sp³-hybridized carbons (Fsp3) is 0.579. The molecule has 0 aromatic heterocycles. The molecule has 2 bridgehead atoms. The largest absolute Gasteiger partial charge is 0.353 e. The summed E-state index contributed by atoms with van der Waals surface area (Å²) in [7, 11) is 0. The molecule has 1 aromatic carbocycles. The minimum atomic E-state index is -0.514. The number of carbonyl (C=O) groups excluding carboxylic acids is 2. The molecule has 0 aliphatic heterocycles. The number of nitrogens with one attached hydrogen (secondary N) is 2. The second-order valence-electron chi connectivity index (χ2n) is 7.59. The van der Waals surface area contributed by atoms with Crippen LogP contribution in [0.15, 0.2) is 24.3 Å². The zero-order chi connectivity index (χ0) is 19.4. The third kappa shape index (κ3) is 5.42. The predicted molar refractivity (Wildman–Crippen MR) is 107 cm³/mol. The highest BCUT2D eigenvalue weighted by molar-refractivity contribution is 5.94. The predicted octanol–water partition coefficient (Wildman–Crippen LogP) is 2.16. The fourth-order valence-corrected chi connectivity index (χ4v) is 4.41. The van der Waals surface area contributed by atoms with E-state index in [2.05, 4.69) is 10.6 Å². The molecule has 1 aromatic rings. The van der Waals surface area contributed by atoms with Gasteiger partial charge in [-0.15, -0.1) is 12.4 Å². The van der Waals surface area contributed by atoms with Gasteiger partial charge in [-0.25, -0.2) is 0 Å². The summed E-state index contributed by atoms with van der Waals surface area (Å²) in [5.41, 5.74) is 6.38. The quantitative estimate of drug-likeness (QED) is 0.489. The van der Waals surface area contributed by atoms with Crippen molar-refractivity contribution in [3.8, 4) is 0 Å². The molecule has 2 aliphatic rings. The van der Waals surface area contributed by atoms with E-state index in [0.29, 0.717) is 17.4 Å². The number of fused-ring (bicyclic) bond motifs is 2. The molecule has 0 radical (unpaired) electrons. The van der Waals surface area contributed by atoms with Gasteiger partial charge in [0.05, 0.1) is 4.92 Å². The third-order valence-corrected chi connectivity index (χ3v) is 5.68. The summed E-state index contributed by atoms with van der Waals surface area (Å²) in [6.45, 7) is 0.225. The molecule has 4 N–H and O–H groups in total. The smallest absolute Gasteiger partial charge is 0.269 e. The maximum absolute atomic E-state index is 12.3. The van der Waals surface area contributed by atoms with Gasteiger partial charge in [-0.05, 0) is 49.7 Å². The molecular formula is C19H27ClN4O4. The van der Waals surface area contributed by atoms with Gasteiger partial charge in [0.1, 0.15) is 0 Å². The Morgan fingerprint density at radius 2 is 1.75 bits per heavy atom. The first-order valence-electron chi connectivity index (χ1n) is 9.51. The molecule has 9 heteroatoms. The molecule has 28 heavy (non-hydrogen) atoms. The van der Waals surface area contributed by atoms with Crippen molar-refractivity contribution >= 4 is 29.9 Å². The number of nitrogens with two attached hydrogens (primary N) is 1. The van der Waals surface area contributed by atoms with Gasteiger partial charge in [-0.3, -0.25) is 19.7 Å². The van der Waals surface area contributed by atoms with Crippen LogP contribution >= 0.6 is 12.4 Å². The molecule has 0 saturated heterocycles. The van der Waals surface area contributed by atoms with Crippen LogP contribution in [0.25, 0.3) is 0 Å². The normalized spacial score (nSPS) is 25.9.